The van der Waals surface area contributed by atoms with Crippen molar-refractivity contribution in [1.29, 1.82) is 0 Å². The fourth-order valence-corrected chi connectivity index (χ4v) is 3.35. The van der Waals surface area contributed by atoms with Gasteiger partial charge >= 0.3 is 0 Å². The summed E-state index contributed by atoms with van der Waals surface area (Å²) in [5, 5.41) is 21.3. The summed E-state index contributed by atoms with van der Waals surface area (Å²) in [5.41, 5.74) is 1.89. The summed E-state index contributed by atoms with van der Waals surface area (Å²) < 4.78 is 22.5. The molecular weight excluding hydrogens is 444 g/mol. The van der Waals surface area contributed by atoms with Gasteiger partial charge in [0.2, 0.25) is 10.0 Å². The van der Waals surface area contributed by atoms with E-state index in [2.05, 4.69) is 10.3 Å². The molecule has 3 rings (SSSR count). The molecule has 0 radical (unpaired) electrons. The van der Waals surface area contributed by atoms with Gasteiger partial charge < -0.3 is 22.3 Å². The smallest absolute Gasteiger partial charge is 0.270 e. The molecule has 1 aromatic heterocycles. The number of sulfonamides is 1. The average molecular weight is 456 g/mol. The highest BCUT2D eigenvalue weighted by Crippen LogP contribution is 2.29. The van der Waals surface area contributed by atoms with Crippen molar-refractivity contribution in [2.24, 2.45) is 5.14 Å². The van der Waals surface area contributed by atoms with E-state index >= 15 is 0 Å². The zero-order chi connectivity index (χ0) is 18.0. The minimum atomic E-state index is -3.73. The molecule has 3 N–H and O–H groups in total. The third kappa shape index (κ3) is 4.64. The molecule has 0 saturated carbocycles. The molecule has 0 spiro atoms. The Kier molecular flexibility index (Phi) is 6.08. The maximum absolute atomic E-state index is 11.2. The van der Waals surface area contributed by atoms with Crippen molar-refractivity contribution in [2.45, 2.75) is 4.90 Å². The van der Waals surface area contributed by atoms with Crippen LogP contribution in [0.1, 0.15) is 0 Å². The van der Waals surface area contributed by atoms with E-state index < -0.39 is 14.9 Å². The number of nitrogens with one attached hydrogen (secondary N) is 1. The Morgan fingerprint density at radius 1 is 1.15 bits per heavy atom. The molecule has 0 fully saturated rings. The second-order valence-corrected chi connectivity index (χ2v) is 7.46. The molecular formula is C15H12BrN4O4S2-. The second-order valence-electron chi connectivity index (χ2n) is 5.04. The van der Waals surface area contributed by atoms with Crippen LogP contribution >= 0.6 is 11.3 Å². The normalized spacial score (nSPS) is 10.8. The predicted molar refractivity (Wildman–Crippen MR) is 95.3 cm³/mol. The van der Waals surface area contributed by atoms with Crippen molar-refractivity contribution < 1.29 is 30.3 Å². The van der Waals surface area contributed by atoms with E-state index in [1.165, 1.54) is 35.6 Å². The summed E-state index contributed by atoms with van der Waals surface area (Å²) in [6.07, 6.45) is 0. The Labute approximate surface area is 163 Å². The van der Waals surface area contributed by atoms with Gasteiger partial charge in [0, 0.05) is 28.8 Å². The lowest BCUT2D eigenvalue weighted by molar-refractivity contribution is -0.384. The number of non-ortho nitro benzene ring substituents is 1. The van der Waals surface area contributed by atoms with E-state index in [0.717, 1.165) is 0 Å². The monoisotopic (exact) mass is 455 g/mol. The number of aromatic nitrogens is 1. The van der Waals surface area contributed by atoms with Crippen LogP contribution in [0.3, 0.4) is 0 Å². The van der Waals surface area contributed by atoms with Gasteiger partial charge in [0.05, 0.1) is 15.5 Å². The lowest BCUT2D eigenvalue weighted by atomic mass is 10.1. The molecule has 8 nitrogen and oxygen atoms in total. The van der Waals surface area contributed by atoms with Crippen molar-refractivity contribution in [3.63, 3.8) is 0 Å². The number of hydrogen-bond donors (Lipinski definition) is 2. The maximum atomic E-state index is 11.2. The summed E-state index contributed by atoms with van der Waals surface area (Å²) >= 11 is 1.33. The predicted octanol–water partition coefficient (Wildman–Crippen LogP) is 0.113. The summed E-state index contributed by atoms with van der Waals surface area (Å²) in [6.45, 7) is 0. The van der Waals surface area contributed by atoms with Crippen molar-refractivity contribution in [1.82, 2.24) is 4.98 Å². The van der Waals surface area contributed by atoms with Crippen LogP contribution in [0.2, 0.25) is 0 Å². The molecule has 0 aliphatic rings. The Morgan fingerprint density at radius 3 is 2.46 bits per heavy atom. The van der Waals surface area contributed by atoms with E-state index in [1.54, 1.807) is 29.6 Å². The van der Waals surface area contributed by atoms with Crippen LogP contribution in [0.4, 0.5) is 16.5 Å². The highest BCUT2D eigenvalue weighted by atomic mass is 79.9. The molecule has 0 saturated heterocycles. The molecule has 0 atom stereocenters. The number of rotatable bonds is 5. The Bertz CT molecular complexity index is 1040. The molecule has 0 bridgehead atoms. The summed E-state index contributed by atoms with van der Waals surface area (Å²) in [4.78, 5) is 14.8. The number of benzene rings is 2. The topological polar surface area (TPSA) is 128 Å². The van der Waals surface area contributed by atoms with Gasteiger partial charge in [-0.05, 0) is 24.3 Å². The lowest BCUT2D eigenvalue weighted by Crippen LogP contribution is -3.00. The first-order valence-electron chi connectivity index (χ1n) is 6.93. The van der Waals surface area contributed by atoms with Gasteiger partial charge in [-0.25, -0.2) is 18.5 Å². The number of nitrogens with two attached hydrogens (primary N) is 1. The quantitative estimate of drug-likeness (QED) is 0.415. The van der Waals surface area contributed by atoms with Crippen molar-refractivity contribution in [3.8, 4) is 11.3 Å². The van der Waals surface area contributed by atoms with Crippen LogP contribution in [-0.4, -0.2) is 18.3 Å². The minimum absolute atomic E-state index is 0. The summed E-state index contributed by atoms with van der Waals surface area (Å²) in [7, 11) is -3.73. The first-order valence-corrected chi connectivity index (χ1v) is 9.36. The summed E-state index contributed by atoms with van der Waals surface area (Å²) in [6, 6.07) is 12.2. The van der Waals surface area contributed by atoms with Crippen LogP contribution < -0.4 is 27.4 Å². The molecule has 2 aromatic carbocycles. The number of halogens is 1. The number of anilines is 2. The standard InChI is InChI=1S/C15H12N4O4S2.BrH/c16-25(22,23)13-6-4-11(5-7-13)17-15-18-14(9-24-15)10-2-1-3-12(8-10)19(20)21;/h1-9H,(H,17,18)(H2,16,22,23);1H/p-1. The van der Waals surface area contributed by atoms with Gasteiger partial charge in [0.15, 0.2) is 5.13 Å². The molecule has 0 unspecified atom stereocenters. The highest BCUT2D eigenvalue weighted by molar-refractivity contribution is 7.89. The fraction of sp³-hybridized carbons (Fsp3) is 0. The van der Waals surface area contributed by atoms with Crippen molar-refractivity contribution >= 4 is 37.9 Å². The third-order valence-corrected chi connectivity index (χ3v) is 4.98. The Morgan fingerprint density at radius 2 is 1.85 bits per heavy atom. The molecule has 0 aliphatic heterocycles. The zero-order valence-electron chi connectivity index (χ0n) is 13.0. The van der Waals surface area contributed by atoms with E-state index in [0.29, 0.717) is 22.1 Å². The SMILES string of the molecule is NS(=O)(=O)c1ccc(Nc2nc(-c3cccc([N+](=O)[O-])c3)cs2)cc1.[Br-]. The molecule has 26 heavy (non-hydrogen) atoms. The zero-order valence-corrected chi connectivity index (χ0v) is 16.2. The summed E-state index contributed by atoms with van der Waals surface area (Å²) in [5.74, 6) is 0. The van der Waals surface area contributed by atoms with Gasteiger partial charge in [-0.3, -0.25) is 10.1 Å². The Balaban J connectivity index is 0.00000243. The number of hydrogen-bond acceptors (Lipinski definition) is 7. The highest BCUT2D eigenvalue weighted by Gasteiger charge is 2.11. The lowest BCUT2D eigenvalue weighted by Gasteiger charge is -2.03. The van der Waals surface area contributed by atoms with E-state index in [1.807, 2.05) is 0 Å². The molecule has 136 valence electrons. The van der Waals surface area contributed by atoms with Gasteiger partial charge in [-0.1, -0.05) is 12.1 Å². The Hall–Kier alpha value is -2.34. The molecule has 0 aliphatic carbocycles. The van der Waals surface area contributed by atoms with Crippen molar-refractivity contribution in [3.05, 3.63) is 64.0 Å². The van der Waals surface area contributed by atoms with Gasteiger partial charge in [0.25, 0.3) is 5.69 Å². The van der Waals surface area contributed by atoms with Gasteiger partial charge in [-0.15, -0.1) is 11.3 Å². The van der Waals surface area contributed by atoms with Crippen LogP contribution in [0.15, 0.2) is 58.8 Å². The van der Waals surface area contributed by atoms with E-state index in [4.69, 9.17) is 5.14 Å². The van der Waals surface area contributed by atoms with Gasteiger partial charge in [-0.2, -0.15) is 0 Å². The number of nitrogens with zero attached hydrogens (tertiary/aromatic N) is 2. The number of nitro groups is 1. The first kappa shape index (κ1) is 20.0. The van der Waals surface area contributed by atoms with E-state index in [9.17, 15) is 18.5 Å². The molecule has 3 aromatic rings. The molecule has 0 amide bonds. The maximum Gasteiger partial charge on any atom is 0.270 e. The number of nitro benzene ring substituents is 1. The number of primary sulfonamides is 1. The van der Waals surface area contributed by atoms with Crippen LogP contribution in [-0.2, 0) is 10.0 Å². The molecule has 1 heterocycles. The van der Waals surface area contributed by atoms with Gasteiger partial charge in [0.1, 0.15) is 0 Å². The van der Waals surface area contributed by atoms with Crippen LogP contribution in [0, 0.1) is 10.1 Å². The third-order valence-electron chi connectivity index (χ3n) is 3.29. The largest absolute Gasteiger partial charge is 1.00 e. The van der Waals surface area contributed by atoms with E-state index in [-0.39, 0.29) is 27.6 Å². The molecule has 11 heteroatoms. The number of thiazole rings is 1. The first-order chi connectivity index (χ1) is 11.8. The second kappa shape index (κ2) is 7.91. The van der Waals surface area contributed by atoms with Crippen molar-refractivity contribution in [2.75, 3.05) is 5.32 Å². The van der Waals surface area contributed by atoms with Crippen LogP contribution in [0.25, 0.3) is 11.3 Å². The average Bonchev–Trinajstić information content (AvgIpc) is 3.03. The van der Waals surface area contributed by atoms with Crippen LogP contribution in [0.5, 0.6) is 0 Å². The fourth-order valence-electron chi connectivity index (χ4n) is 2.09. The minimum Gasteiger partial charge on any atom is -1.00 e.